The standard InChI is InChI=1S/C13H25NO3/c1-3-7-16-8-9-17-13(15)12-10-11(4-2)5-6-14-12/h11-12,14H,3-10H2,1-2H3. The number of carbonyl (C=O) groups is 1. The van der Waals surface area contributed by atoms with Crippen LogP contribution in [0.25, 0.3) is 0 Å². The fourth-order valence-corrected chi connectivity index (χ4v) is 2.09. The molecule has 1 rings (SSSR count). The third-order valence-electron chi connectivity index (χ3n) is 3.19. The summed E-state index contributed by atoms with van der Waals surface area (Å²) in [5.41, 5.74) is 0. The number of ether oxygens (including phenoxy) is 2. The summed E-state index contributed by atoms with van der Waals surface area (Å²) in [6, 6.07) is -0.111. The second-order valence-electron chi connectivity index (χ2n) is 4.59. The van der Waals surface area contributed by atoms with E-state index in [-0.39, 0.29) is 12.0 Å². The summed E-state index contributed by atoms with van der Waals surface area (Å²) in [6.45, 7) is 6.76. The Bertz CT molecular complexity index is 221. The smallest absolute Gasteiger partial charge is 0.323 e. The molecule has 17 heavy (non-hydrogen) atoms. The highest BCUT2D eigenvalue weighted by atomic mass is 16.6. The van der Waals surface area contributed by atoms with Gasteiger partial charge in [0.15, 0.2) is 0 Å². The molecule has 1 aliphatic heterocycles. The lowest BCUT2D eigenvalue weighted by atomic mass is 9.90. The quantitative estimate of drug-likeness (QED) is 0.546. The lowest BCUT2D eigenvalue weighted by molar-refractivity contribution is -0.148. The number of hydrogen-bond acceptors (Lipinski definition) is 4. The molecule has 0 amide bonds. The zero-order valence-electron chi connectivity index (χ0n) is 11.0. The minimum Gasteiger partial charge on any atom is -0.462 e. The van der Waals surface area contributed by atoms with Crippen LogP contribution in [0.15, 0.2) is 0 Å². The number of piperidine rings is 1. The van der Waals surface area contributed by atoms with E-state index in [0.717, 1.165) is 32.4 Å². The highest BCUT2D eigenvalue weighted by molar-refractivity contribution is 5.75. The van der Waals surface area contributed by atoms with Gasteiger partial charge in [-0.1, -0.05) is 20.3 Å². The van der Waals surface area contributed by atoms with Crippen molar-refractivity contribution in [2.45, 2.75) is 45.6 Å². The Morgan fingerprint density at radius 1 is 1.29 bits per heavy atom. The maximum atomic E-state index is 11.8. The molecule has 100 valence electrons. The monoisotopic (exact) mass is 243 g/mol. The van der Waals surface area contributed by atoms with Crippen molar-refractivity contribution in [3.05, 3.63) is 0 Å². The van der Waals surface area contributed by atoms with E-state index in [1.807, 2.05) is 0 Å². The highest BCUT2D eigenvalue weighted by Gasteiger charge is 2.26. The summed E-state index contributed by atoms with van der Waals surface area (Å²) < 4.78 is 10.5. The lowest BCUT2D eigenvalue weighted by Crippen LogP contribution is -2.44. The fraction of sp³-hybridized carbons (Fsp3) is 0.923. The Kier molecular flexibility index (Phi) is 7.21. The maximum Gasteiger partial charge on any atom is 0.323 e. The predicted molar refractivity (Wildman–Crippen MR) is 66.9 cm³/mol. The maximum absolute atomic E-state index is 11.8. The molecule has 1 saturated heterocycles. The first-order valence-electron chi connectivity index (χ1n) is 6.75. The van der Waals surface area contributed by atoms with Crippen molar-refractivity contribution >= 4 is 5.97 Å². The van der Waals surface area contributed by atoms with Crippen molar-refractivity contribution in [2.75, 3.05) is 26.4 Å². The molecule has 4 nitrogen and oxygen atoms in total. The molecule has 0 radical (unpaired) electrons. The molecule has 2 unspecified atom stereocenters. The largest absolute Gasteiger partial charge is 0.462 e. The summed E-state index contributed by atoms with van der Waals surface area (Å²) in [5.74, 6) is 0.536. The zero-order valence-corrected chi connectivity index (χ0v) is 11.0. The van der Waals surface area contributed by atoms with Gasteiger partial charge in [-0.15, -0.1) is 0 Å². The van der Waals surface area contributed by atoms with Crippen LogP contribution in [0.2, 0.25) is 0 Å². The molecule has 4 heteroatoms. The van der Waals surface area contributed by atoms with Crippen molar-refractivity contribution < 1.29 is 14.3 Å². The van der Waals surface area contributed by atoms with Gasteiger partial charge in [-0.05, 0) is 31.7 Å². The van der Waals surface area contributed by atoms with Crippen LogP contribution in [-0.4, -0.2) is 38.4 Å². The Labute approximate surface area is 104 Å². The van der Waals surface area contributed by atoms with Crippen LogP contribution in [0.1, 0.15) is 39.5 Å². The Morgan fingerprint density at radius 3 is 2.82 bits per heavy atom. The van der Waals surface area contributed by atoms with Crippen LogP contribution < -0.4 is 5.32 Å². The summed E-state index contributed by atoms with van der Waals surface area (Å²) in [6.07, 6.45) is 4.21. The predicted octanol–water partition coefficient (Wildman–Crippen LogP) is 1.73. The molecule has 0 bridgehead atoms. The highest BCUT2D eigenvalue weighted by Crippen LogP contribution is 2.19. The second-order valence-corrected chi connectivity index (χ2v) is 4.59. The number of carbonyl (C=O) groups excluding carboxylic acids is 1. The molecule has 0 aromatic rings. The third-order valence-corrected chi connectivity index (χ3v) is 3.19. The van der Waals surface area contributed by atoms with Gasteiger partial charge in [0.25, 0.3) is 0 Å². The first-order chi connectivity index (χ1) is 8.27. The first-order valence-corrected chi connectivity index (χ1v) is 6.75. The molecule has 0 spiro atoms. The molecular weight excluding hydrogens is 218 g/mol. The second kappa shape index (κ2) is 8.48. The molecule has 0 aliphatic carbocycles. The van der Waals surface area contributed by atoms with Crippen LogP contribution in [0.3, 0.4) is 0 Å². The first kappa shape index (κ1) is 14.5. The number of rotatable bonds is 7. The van der Waals surface area contributed by atoms with Crippen LogP contribution in [0.5, 0.6) is 0 Å². The van der Waals surface area contributed by atoms with Gasteiger partial charge >= 0.3 is 5.97 Å². The van der Waals surface area contributed by atoms with Gasteiger partial charge < -0.3 is 14.8 Å². The Balaban J connectivity index is 2.14. The van der Waals surface area contributed by atoms with E-state index in [9.17, 15) is 4.79 Å². The summed E-state index contributed by atoms with van der Waals surface area (Å²) in [4.78, 5) is 11.8. The van der Waals surface area contributed by atoms with Crippen molar-refractivity contribution in [3.63, 3.8) is 0 Å². The van der Waals surface area contributed by atoms with Gasteiger partial charge in [0.05, 0.1) is 6.61 Å². The fourth-order valence-electron chi connectivity index (χ4n) is 2.09. The van der Waals surface area contributed by atoms with E-state index in [4.69, 9.17) is 9.47 Å². The van der Waals surface area contributed by atoms with Crippen LogP contribution in [-0.2, 0) is 14.3 Å². The topological polar surface area (TPSA) is 47.6 Å². The molecule has 1 fully saturated rings. The van der Waals surface area contributed by atoms with E-state index < -0.39 is 0 Å². The number of esters is 1. The van der Waals surface area contributed by atoms with Gasteiger partial charge in [-0.3, -0.25) is 4.79 Å². The van der Waals surface area contributed by atoms with E-state index in [2.05, 4.69) is 19.2 Å². The molecule has 1 aliphatic rings. The van der Waals surface area contributed by atoms with Crippen LogP contribution in [0, 0.1) is 5.92 Å². The van der Waals surface area contributed by atoms with Crippen molar-refractivity contribution in [2.24, 2.45) is 5.92 Å². The SMILES string of the molecule is CCCOCCOC(=O)C1CC(CC)CCN1. The average Bonchev–Trinajstić information content (AvgIpc) is 2.38. The van der Waals surface area contributed by atoms with Gasteiger partial charge in [-0.25, -0.2) is 0 Å². The van der Waals surface area contributed by atoms with E-state index in [1.165, 1.54) is 6.42 Å². The molecule has 1 heterocycles. The number of hydrogen-bond donors (Lipinski definition) is 1. The van der Waals surface area contributed by atoms with Gasteiger partial charge in [0, 0.05) is 6.61 Å². The molecule has 2 atom stereocenters. The summed E-state index contributed by atoms with van der Waals surface area (Å²) >= 11 is 0. The molecule has 0 aromatic heterocycles. The Hall–Kier alpha value is -0.610. The Morgan fingerprint density at radius 2 is 2.12 bits per heavy atom. The molecule has 0 aromatic carbocycles. The summed E-state index contributed by atoms with van der Waals surface area (Å²) in [5, 5.41) is 3.22. The normalized spacial score (nSPS) is 24.6. The molecule has 1 N–H and O–H groups in total. The zero-order chi connectivity index (χ0) is 12.5. The van der Waals surface area contributed by atoms with E-state index in [0.29, 0.717) is 19.1 Å². The minimum atomic E-state index is -0.122. The summed E-state index contributed by atoms with van der Waals surface area (Å²) in [7, 11) is 0. The number of nitrogens with one attached hydrogen (secondary N) is 1. The van der Waals surface area contributed by atoms with Crippen molar-refractivity contribution in [1.29, 1.82) is 0 Å². The van der Waals surface area contributed by atoms with Crippen molar-refractivity contribution in [1.82, 2.24) is 5.32 Å². The van der Waals surface area contributed by atoms with Crippen LogP contribution in [0.4, 0.5) is 0 Å². The van der Waals surface area contributed by atoms with E-state index >= 15 is 0 Å². The minimum absolute atomic E-state index is 0.111. The van der Waals surface area contributed by atoms with Gasteiger partial charge in [0.1, 0.15) is 12.6 Å². The average molecular weight is 243 g/mol. The van der Waals surface area contributed by atoms with Crippen LogP contribution >= 0.6 is 0 Å². The van der Waals surface area contributed by atoms with Gasteiger partial charge in [-0.2, -0.15) is 0 Å². The van der Waals surface area contributed by atoms with E-state index in [1.54, 1.807) is 0 Å². The van der Waals surface area contributed by atoms with Gasteiger partial charge in [0.2, 0.25) is 0 Å². The molecular formula is C13H25NO3. The third kappa shape index (κ3) is 5.50. The van der Waals surface area contributed by atoms with Crippen molar-refractivity contribution in [3.8, 4) is 0 Å². The lowest BCUT2D eigenvalue weighted by Gasteiger charge is -2.28. The molecule has 0 saturated carbocycles.